The van der Waals surface area contributed by atoms with Crippen molar-refractivity contribution in [2.75, 3.05) is 25.0 Å². The van der Waals surface area contributed by atoms with Gasteiger partial charge in [-0.25, -0.2) is 14.5 Å². The highest BCUT2D eigenvalue weighted by molar-refractivity contribution is 7.13. The Morgan fingerprint density at radius 3 is 2.78 bits per heavy atom. The first kappa shape index (κ1) is 23.9. The highest BCUT2D eigenvalue weighted by Gasteiger charge is 2.35. The van der Waals surface area contributed by atoms with Crippen LogP contribution in [0.1, 0.15) is 37.0 Å². The van der Waals surface area contributed by atoms with Crippen LogP contribution in [0, 0.1) is 5.92 Å². The number of rotatable bonds is 8. The average Bonchev–Trinajstić information content (AvgIpc) is 3.56. The summed E-state index contributed by atoms with van der Waals surface area (Å²) in [6.07, 6.45) is 5.32. The van der Waals surface area contributed by atoms with E-state index in [-0.39, 0.29) is 17.9 Å². The van der Waals surface area contributed by atoms with Crippen molar-refractivity contribution in [3.05, 3.63) is 53.7 Å². The molecule has 1 fully saturated rings. The zero-order chi connectivity index (χ0) is 25.2. The van der Waals surface area contributed by atoms with E-state index in [0.717, 1.165) is 29.0 Å². The van der Waals surface area contributed by atoms with Gasteiger partial charge in [0.1, 0.15) is 11.9 Å². The molecule has 10 heteroatoms. The first-order valence-corrected chi connectivity index (χ1v) is 13.0. The van der Waals surface area contributed by atoms with Crippen LogP contribution in [-0.2, 0) is 4.79 Å². The van der Waals surface area contributed by atoms with Gasteiger partial charge in [0.25, 0.3) is 5.91 Å². The van der Waals surface area contributed by atoms with Gasteiger partial charge < -0.3 is 15.5 Å². The zero-order valence-corrected chi connectivity index (χ0v) is 21.4. The predicted molar refractivity (Wildman–Crippen MR) is 141 cm³/mol. The number of anilines is 1. The number of amides is 2. The fourth-order valence-corrected chi connectivity index (χ4v) is 4.85. The summed E-state index contributed by atoms with van der Waals surface area (Å²) >= 11 is 1.62. The number of likely N-dealkylation sites (N-methyl/N-ethyl adjacent to an activating group) is 1. The van der Waals surface area contributed by atoms with Crippen LogP contribution >= 0.6 is 11.3 Å². The van der Waals surface area contributed by atoms with E-state index >= 15 is 0 Å². The highest BCUT2D eigenvalue weighted by Crippen LogP contribution is 2.31. The van der Waals surface area contributed by atoms with E-state index in [1.165, 1.54) is 0 Å². The molecule has 1 aliphatic heterocycles. The smallest absolute Gasteiger partial charge is 0.251 e. The summed E-state index contributed by atoms with van der Waals surface area (Å²) in [5.41, 5.74) is 3.32. The Labute approximate surface area is 213 Å². The van der Waals surface area contributed by atoms with E-state index in [0.29, 0.717) is 41.7 Å². The Morgan fingerprint density at radius 1 is 1.22 bits per heavy atom. The lowest BCUT2D eigenvalue weighted by Crippen LogP contribution is -2.56. The third-order valence-corrected chi connectivity index (χ3v) is 7.56. The molecule has 0 aliphatic carbocycles. The molecule has 0 spiro atoms. The molecule has 0 radical (unpaired) electrons. The van der Waals surface area contributed by atoms with Crippen molar-refractivity contribution in [2.45, 2.75) is 32.7 Å². The Bertz CT molecular complexity index is 1400. The molecule has 1 saturated heterocycles. The number of fused-ring (bicyclic) bond motifs is 1. The summed E-state index contributed by atoms with van der Waals surface area (Å²) in [6.45, 7) is 5.49. The van der Waals surface area contributed by atoms with Gasteiger partial charge in [-0.05, 0) is 42.0 Å². The van der Waals surface area contributed by atoms with Gasteiger partial charge in [0.15, 0.2) is 5.65 Å². The van der Waals surface area contributed by atoms with Crippen LogP contribution < -0.4 is 15.5 Å². The summed E-state index contributed by atoms with van der Waals surface area (Å²) in [7, 11) is 1.63. The van der Waals surface area contributed by atoms with E-state index < -0.39 is 0 Å². The molecule has 5 rings (SSSR count). The molecule has 36 heavy (non-hydrogen) atoms. The van der Waals surface area contributed by atoms with Crippen LogP contribution in [0.3, 0.4) is 0 Å². The number of carbonyl (C=O) groups is 2. The molecular weight excluding hydrogens is 474 g/mol. The van der Waals surface area contributed by atoms with Gasteiger partial charge in [0.05, 0.1) is 28.0 Å². The second kappa shape index (κ2) is 10.1. The lowest BCUT2D eigenvalue weighted by atomic mass is 10.0. The highest BCUT2D eigenvalue weighted by atomic mass is 32.1. The molecule has 2 atom stereocenters. The minimum Gasteiger partial charge on any atom is -0.357 e. The minimum absolute atomic E-state index is 0.0607. The van der Waals surface area contributed by atoms with Gasteiger partial charge in [-0.15, -0.1) is 11.3 Å². The summed E-state index contributed by atoms with van der Waals surface area (Å²) in [5.74, 6) is 0.743. The first-order chi connectivity index (χ1) is 17.5. The van der Waals surface area contributed by atoms with Gasteiger partial charge in [-0.2, -0.15) is 5.10 Å². The zero-order valence-electron chi connectivity index (χ0n) is 20.6. The maximum atomic E-state index is 13.1. The summed E-state index contributed by atoms with van der Waals surface area (Å²) in [5, 5.41) is 12.2. The minimum atomic E-state index is -0.304. The lowest BCUT2D eigenvalue weighted by molar-refractivity contribution is -0.123. The van der Waals surface area contributed by atoms with E-state index in [1.54, 1.807) is 41.2 Å². The van der Waals surface area contributed by atoms with Gasteiger partial charge >= 0.3 is 0 Å². The molecular formula is C26H29N7O2S. The third-order valence-electron chi connectivity index (χ3n) is 6.66. The van der Waals surface area contributed by atoms with Crippen molar-refractivity contribution in [1.82, 2.24) is 30.2 Å². The Hall–Kier alpha value is -3.79. The summed E-state index contributed by atoms with van der Waals surface area (Å²) in [4.78, 5) is 38.2. The second-order valence-corrected chi connectivity index (χ2v) is 10.00. The van der Waals surface area contributed by atoms with Crippen LogP contribution in [0.25, 0.3) is 27.5 Å². The Balaban J connectivity index is 1.57. The predicted octanol–water partition coefficient (Wildman–Crippen LogP) is 3.62. The van der Waals surface area contributed by atoms with Crippen LogP contribution in [-0.4, -0.2) is 57.6 Å². The van der Waals surface area contributed by atoms with E-state index in [9.17, 15) is 9.59 Å². The lowest BCUT2D eigenvalue weighted by Gasteiger charge is -2.40. The molecule has 4 aromatic heterocycles. The number of nitrogens with one attached hydrogen (secondary N) is 2. The van der Waals surface area contributed by atoms with Crippen molar-refractivity contribution in [1.29, 1.82) is 0 Å². The number of pyridine rings is 1. The number of carbonyl (C=O) groups excluding carboxylic acids is 2. The van der Waals surface area contributed by atoms with Crippen molar-refractivity contribution in [3.8, 4) is 21.8 Å². The van der Waals surface area contributed by atoms with Gasteiger partial charge in [-0.3, -0.25) is 9.59 Å². The molecule has 0 aromatic carbocycles. The SMILES string of the molecule is CCC(C)CNC(=O)c1cc(-c2cnn3ccc(-c4cccs4)nc23)nc(N2CC[C@H]2C(=O)NC)c1. The maximum Gasteiger partial charge on any atom is 0.251 e. The van der Waals surface area contributed by atoms with E-state index in [1.807, 2.05) is 34.7 Å². The molecule has 0 saturated carbocycles. The summed E-state index contributed by atoms with van der Waals surface area (Å²) < 4.78 is 1.71. The molecule has 2 N–H and O–H groups in total. The molecule has 186 valence electrons. The molecule has 0 bridgehead atoms. The molecule has 4 aromatic rings. The third kappa shape index (κ3) is 4.56. The normalized spacial score (nSPS) is 16.0. The van der Waals surface area contributed by atoms with Crippen molar-refractivity contribution >= 4 is 34.6 Å². The maximum absolute atomic E-state index is 13.1. The molecule has 5 heterocycles. The van der Waals surface area contributed by atoms with Gasteiger partial charge in [0, 0.05) is 31.9 Å². The van der Waals surface area contributed by atoms with Gasteiger partial charge in [-0.1, -0.05) is 26.3 Å². The number of hydrogen-bond donors (Lipinski definition) is 2. The number of nitrogens with zero attached hydrogens (tertiary/aromatic N) is 5. The van der Waals surface area contributed by atoms with E-state index in [2.05, 4.69) is 29.6 Å². The van der Waals surface area contributed by atoms with Crippen molar-refractivity contribution in [3.63, 3.8) is 0 Å². The Kier molecular flexibility index (Phi) is 6.69. The Morgan fingerprint density at radius 2 is 2.08 bits per heavy atom. The summed E-state index contributed by atoms with van der Waals surface area (Å²) in [6, 6.07) is 9.19. The standard InChI is InChI=1S/C26H29N7O2S/c1-4-16(2)14-28-25(34)17-12-20(30-23(13-17)32-9-8-21(32)26(35)27-3)18-15-29-33-10-7-19(31-24(18)33)22-6-5-11-36-22/h5-7,10-13,15-16,21H,4,8-9,14H2,1-3H3,(H,27,35)(H,28,34)/t16?,21-/m0/s1. The van der Waals surface area contributed by atoms with Crippen LogP contribution in [0.4, 0.5) is 5.82 Å². The van der Waals surface area contributed by atoms with Crippen LogP contribution in [0.2, 0.25) is 0 Å². The van der Waals surface area contributed by atoms with Gasteiger partial charge in [0.2, 0.25) is 5.91 Å². The number of hydrogen-bond acceptors (Lipinski definition) is 7. The van der Waals surface area contributed by atoms with Crippen molar-refractivity contribution < 1.29 is 9.59 Å². The molecule has 1 aliphatic rings. The van der Waals surface area contributed by atoms with Crippen LogP contribution in [0.5, 0.6) is 0 Å². The van der Waals surface area contributed by atoms with Crippen molar-refractivity contribution in [2.24, 2.45) is 5.92 Å². The molecule has 2 amide bonds. The number of aromatic nitrogens is 4. The largest absolute Gasteiger partial charge is 0.357 e. The van der Waals surface area contributed by atoms with E-state index in [4.69, 9.17) is 9.97 Å². The number of thiophene rings is 1. The monoisotopic (exact) mass is 503 g/mol. The average molecular weight is 504 g/mol. The molecule has 9 nitrogen and oxygen atoms in total. The quantitative estimate of drug-likeness (QED) is 0.381. The fraction of sp³-hybridized carbons (Fsp3) is 0.346. The topological polar surface area (TPSA) is 105 Å². The fourth-order valence-electron chi connectivity index (χ4n) is 4.16. The second-order valence-electron chi connectivity index (χ2n) is 9.05. The van der Waals surface area contributed by atoms with Crippen LogP contribution in [0.15, 0.2) is 48.1 Å². The molecule has 1 unspecified atom stereocenters. The first-order valence-electron chi connectivity index (χ1n) is 12.2.